The van der Waals surface area contributed by atoms with E-state index in [0.29, 0.717) is 11.6 Å². The number of unbranched alkanes of at least 4 members (excludes halogenated alkanes) is 2. The second-order valence-corrected chi connectivity index (χ2v) is 3.16. The Morgan fingerprint density at radius 2 is 2.50 bits per heavy atom. The molecule has 0 aromatic rings. The fraction of sp³-hybridized carbons (Fsp3) is 0.778. The fourth-order valence-electron chi connectivity index (χ4n) is 1.42. The van der Waals surface area contributed by atoms with Gasteiger partial charge in [-0.05, 0) is 6.42 Å². The predicted octanol–water partition coefficient (Wildman–Crippen LogP) is 1.67. The summed E-state index contributed by atoms with van der Waals surface area (Å²) in [7, 11) is 0. The number of hydrogen-bond acceptors (Lipinski definition) is 3. The minimum atomic E-state index is 0.376. The van der Waals surface area contributed by atoms with Gasteiger partial charge in [-0.1, -0.05) is 26.2 Å². The zero-order valence-corrected chi connectivity index (χ0v) is 7.51. The highest BCUT2D eigenvalue weighted by Gasteiger charge is 2.19. The SMILES string of the molecule is CCCCCC1CNN=C1C#N. The van der Waals surface area contributed by atoms with Crippen LogP contribution < -0.4 is 5.43 Å². The minimum Gasteiger partial charge on any atom is -0.308 e. The van der Waals surface area contributed by atoms with E-state index in [2.05, 4.69) is 23.5 Å². The van der Waals surface area contributed by atoms with Crippen molar-refractivity contribution in [2.75, 3.05) is 6.54 Å². The largest absolute Gasteiger partial charge is 0.308 e. The highest BCUT2D eigenvalue weighted by atomic mass is 15.3. The van der Waals surface area contributed by atoms with Crippen LogP contribution in [0.15, 0.2) is 5.10 Å². The Kier molecular flexibility index (Phi) is 3.59. The van der Waals surface area contributed by atoms with Crippen molar-refractivity contribution in [2.24, 2.45) is 11.0 Å². The molecule has 12 heavy (non-hydrogen) atoms. The van der Waals surface area contributed by atoms with Crippen molar-refractivity contribution < 1.29 is 0 Å². The van der Waals surface area contributed by atoms with Crippen LogP contribution in [0.1, 0.15) is 32.6 Å². The molecule has 0 spiro atoms. The molecule has 0 saturated heterocycles. The Labute approximate surface area is 73.5 Å². The summed E-state index contributed by atoms with van der Waals surface area (Å²) < 4.78 is 0. The number of hydrogen-bond donors (Lipinski definition) is 1. The van der Waals surface area contributed by atoms with Crippen molar-refractivity contribution in [1.29, 1.82) is 5.26 Å². The van der Waals surface area contributed by atoms with Gasteiger partial charge in [-0.15, -0.1) is 0 Å². The molecular formula is C9H15N3. The first-order valence-corrected chi connectivity index (χ1v) is 4.59. The molecule has 1 aliphatic heterocycles. The Hall–Kier alpha value is -1.04. The van der Waals surface area contributed by atoms with Crippen LogP contribution in [0.25, 0.3) is 0 Å². The highest BCUT2D eigenvalue weighted by Crippen LogP contribution is 2.14. The van der Waals surface area contributed by atoms with Crippen LogP contribution >= 0.6 is 0 Å². The van der Waals surface area contributed by atoms with Gasteiger partial charge in [0.2, 0.25) is 0 Å². The van der Waals surface area contributed by atoms with Gasteiger partial charge in [0, 0.05) is 12.5 Å². The second-order valence-electron chi connectivity index (χ2n) is 3.16. The maximum absolute atomic E-state index is 8.67. The number of nitrogens with zero attached hydrogens (tertiary/aromatic N) is 2. The van der Waals surface area contributed by atoms with Gasteiger partial charge in [0.25, 0.3) is 0 Å². The standard InChI is InChI=1S/C9H15N3/c1-2-3-4-5-8-7-11-12-9(8)6-10/h8,11H,2-5,7H2,1H3. The monoisotopic (exact) mass is 165 g/mol. The van der Waals surface area contributed by atoms with Crippen LogP contribution in [0.4, 0.5) is 0 Å². The first kappa shape index (κ1) is 9.05. The molecular weight excluding hydrogens is 150 g/mol. The maximum Gasteiger partial charge on any atom is 0.142 e. The summed E-state index contributed by atoms with van der Waals surface area (Å²) in [6.45, 7) is 3.04. The topological polar surface area (TPSA) is 48.2 Å². The first-order chi connectivity index (χ1) is 5.88. The Bertz CT molecular complexity index is 202. The van der Waals surface area contributed by atoms with Gasteiger partial charge >= 0.3 is 0 Å². The minimum absolute atomic E-state index is 0.376. The Balaban J connectivity index is 2.25. The number of nitriles is 1. The molecule has 66 valence electrons. The van der Waals surface area contributed by atoms with Crippen molar-refractivity contribution in [1.82, 2.24) is 5.43 Å². The highest BCUT2D eigenvalue weighted by molar-refractivity contribution is 6.01. The lowest BCUT2D eigenvalue weighted by atomic mass is 9.98. The zero-order chi connectivity index (χ0) is 8.81. The quantitative estimate of drug-likeness (QED) is 0.644. The predicted molar refractivity (Wildman–Crippen MR) is 48.7 cm³/mol. The molecule has 0 bridgehead atoms. The summed E-state index contributed by atoms with van der Waals surface area (Å²) in [5, 5.41) is 12.6. The normalized spacial score (nSPS) is 21.3. The maximum atomic E-state index is 8.67. The van der Waals surface area contributed by atoms with Crippen molar-refractivity contribution in [2.45, 2.75) is 32.6 Å². The molecule has 3 nitrogen and oxygen atoms in total. The molecule has 1 N–H and O–H groups in total. The average Bonchev–Trinajstić information content (AvgIpc) is 2.52. The molecule has 0 radical (unpaired) electrons. The number of rotatable bonds is 4. The van der Waals surface area contributed by atoms with Gasteiger partial charge in [0.05, 0.1) is 0 Å². The summed E-state index contributed by atoms with van der Waals surface area (Å²) >= 11 is 0. The molecule has 1 atom stereocenters. The van der Waals surface area contributed by atoms with Crippen LogP contribution in [-0.2, 0) is 0 Å². The van der Waals surface area contributed by atoms with Crippen LogP contribution in [0.5, 0.6) is 0 Å². The molecule has 1 rings (SSSR count). The van der Waals surface area contributed by atoms with Gasteiger partial charge in [-0.3, -0.25) is 0 Å². The molecule has 0 aliphatic carbocycles. The smallest absolute Gasteiger partial charge is 0.142 e. The van der Waals surface area contributed by atoms with Crippen molar-refractivity contribution in [3.05, 3.63) is 0 Å². The fourth-order valence-corrected chi connectivity index (χ4v) is 1.42. The van der Waals surface area contributed by atoms with Gasteiger partial charge < -0.3 is 5.43 Å². The molecule has 1 heterocycles. The molecule has 0 aromatic carbocycles. The third-order valence-corrected chi connectivity index (χ3v) is 2.19. The molecule has 1 unspecified atom stereocenters. The van der Waals surface area contributed by atoms with E-state index in [1.54, 1.807) is 0 Å². The number of nitrogens with one attached hydrogen (secondary N) is 1. The summed E-state index contributed by atoms with van der Waals surface area (Å²) in [4.78, 5) is 0. The van der Waals surface area contributed by atoms with Crippen molar-refractivity contribution in [3.63, 3.8) is 0 Å². The summed E-state index contributed by atoms with van der Waals surface area (Å²) in [6, 6.07) is 2.13. The van der Waals surface area contributed by atoms with Gasteiger partial charge in [-0.2, -0.15) is 10.4 Å². The van der Waals surface area contributed by atoms with Crippen LogP contribution in [0, 0.1) is 17.2 Å². The average molecular weight is 165 g/mol. The van der Waals surface area contributed by atoms with Crippen LogP contribution in [0.2, 0.25) is 0 Å². The van der Waals surface area contributed by atoms with Gasteiger partial charge in [-0.25, -0.2) is 0 Å². The molecule has 1 aliphatic rings. The van der Waals surface area contributed by atoms with Gasteiger partial charge in [0.15, 0.2) is 0 Å². The molecule has 0 amide bonds. The lowest BCUT2D eigenvalue weighted by Gasteiger charge is -2.05. The van der Waals surface area contributed by atoms with E-state index in [-0.39, 0.29) is 0 Å². The van der Waals surface area contributed by atoms with Crippen molar-refractivity contribution >= 4 is 5.71 Å². The van der Waals surface area contributed by atoms with E-state index in [1.165, 1.54) is 19.3 Å². The van der Waals surface area contributed by atoms with Crippen LogP contribution in [0.3, 0.4) is 0 Å². The third-order valence-electron chi connectivity index (χ3n) is 2.19. The third kappa shape index (κ3) is 2.23. The van der Waals surface area contributed by atoms with E-state index in [0.717, 1.165) is 13.0 Å². The number of hydrazone groups is 1. The molecule has 0 saturated carbocycles. The molecule has 0 aromatic heterocycles. The van der Waals surface area contributed by atoms with Crippen molar-refractivity contribution in [3.8, 4) is 6.07 Å². The Morgan fingerprint density at radius 3 is 3.17 bits per heavy atom. The lowest BCUT2D eigenvalue weighted by Crippen LogP contribution is -2.14. The van der Waals surface area contributed by atoms with E-state index in [4.69, 9.17) is 5.26 Å². The summed E-state index contributed by atoms with van der Waals surface area (Å²) in [5.74, 6) is 0.376. The van der Waals surface area contributed by atoms with E-state index in [9.17, 15) is 0 Å². The van der Waals surface area contributed by atoms with E-state index >= 15 is 0 Å². The molecule has 3 heteroatoms. The van der Waals surface area contributed by atoms with E-state index < -0.39 is 0 Å². The van der Waals surface area contributed by atoms with Crippen LogP contribution in [-0.4, -0.2) is 12.3 Å². The summed E-state index contributed by atoms with van der Waals surface area (Å²) in [5.41, 5.74) is 3.55. The zero-order valence-electron chi connectivity index (χ0n) is 7.51. The molecule has 0 fully saturated rings. The Morgan fingerprint density at radius 1 is 1.67 bits per heavy atom. The van der Waals surface area contributed by atoms with Gasteiger partial charge in [0.1, 0.15) is 11.8 Å². The second kappa shape index (κ2) is 4.76. The lowest BCUT2D eigenvalue weighted by molar-refractivity contribution is 0.561. The summed E-state index contributed by atoms with van der Waals surface area (Å²) in [6.07, 6.45) is 4.81. The van der Waals surface area contributed by atoms with E-state index in [1.807, 2.05) is 0 Å². The first-order valence-electron chi connectivity index (χ1n) is 4.59.